The van der Waals surface area contributed by atoms with E-state index in [1.54, 1.807) is 35.0 Å². The number of aromatic nitrogens is 4. The van der Waals surface area contributed by atoms with Crippen molar-refractivity contribution in [3.63, 3.8) is 0 Å². The van der Waals surface area contributed by atoms with E-state index in [-0.39, 0.29) is 30.5 Å². The van der Waals surface area contributed by atoms with Gasteiger partial charge in [0.25, 0.3) is 5.91 Å². The van der Waals surface area contributed by atoms with Crippen LogP contribution in [0.4, 0.5) is 8.78 Å². The minimum absolute atomic E-state index is 0.0384. The molecule has 5 aromatic rings. The normalized spacial score (nSPS) is 19.4. The highest BCUT2D eigenvalue weighted by Gasteiger charge is 2.30. The van der Waals surface area contributed by atoms with Crippen molar-refractivity contribution in [2.24, 2.45) is 11.7 Å². The molecule has 0 bridgehead atoms. The molecule has 0 unspecified atom stereocenters. The Balaban J connectivity index is 1.31. The lowest BCUT2D eigenvalue weighted by molar-refractivity contribution is 0.0606. The number of phenolic OH excluding ortho intramolecular Hbond substituents is 1. The summed E-state index contributed by atoms with van der Waals surface area (Å²) in [6.07, 6.45) is 3.09. The average Bonchev–Trinajstić information content (AvgIpc) is 3.63. The van der Waals surface area contributed by atoms with E-state index in [0.29, 0.717) is 23.7 Å². The standard InChI is InChI=1S/C31H30F2N6O2/c1-17-25-10-8-20(31(41)37-15-21(32)12-22(34)16-37)14-39(25)36-29(17)26-11-19-7-9-24(23-3-2-4-27(40)28(23)33)35-30(19)38(26)13-18-5-6-18/h2-4,7-11,14,18,21-22,40H,5-6,12-13,15-16,34H2,1H3/t21-,22-/m1/s1. The Morgan fingerprint density at radius 2 is 1.98 bits per heavy atom. The number of hydrogen-bond acceptors (Lipinski definition) is 5. The number of aromatic hydroxyl groups is 1. The molecule has 41 heavy (non-hydrogen) atoms. The number of piperidine rings is 1. The zero-order valence-electron chi connectivity index (χ0n) is 22.6. The quantitative estimate of drug-likeness (QED) is 0.314. The van der Waals surface area contributed by atoms with Crippen molar-refractivity contribution in [2.75, 3.05) is 13.1 Å². The third-order valence-corrected chi connectivity index (χ3v) is 8.22. The summed E-state index contributed by atoms with van der Waals surface area (Å²) in [4.78, 5) is 19.5. The van der Waals surface area contributed by atoms with E-state index >= 15 is 0 Å². The van der Waals surface area contributed by atoms with Crippen molar-refractivity contribution in [3.8, 4) is 28.4 Å². The van der Waals surface area contributed by atoms with E-state index in [0.717, 1.165) is 52.9 Å². The molecule has 0 spiro atoms. The third-order valence-electron chi connectivity index (χ3n) is 8.22. The van der Waals surface area contributed by atoms with Crippen molar-refractivity contribution < 1.29 is 18.7 Å². The number of pyridine rings is 2. The van der Waals surface area contributed by atoms with Crippen molar-refractivity contribution >= 4 is 22.5 Å². The number of nitrogens with two attached hydrogens (primary N) is 1. The van der Waals surface area contributed by atoms with Crippen LogP contribution >= 0.6 is 0 Å². The van der Waals surface area contributed by atoms with Gasteiger partial charge in [-0.3, -0.25) is 4.79 Å². The van der Waals surface area contributed by atoms with Gasteiger partial charge in [-0.1, -0.05) is 6.07 Å². The van der Waals surface area contributed by atoms with E-state index in [1.165, 1.54) is 11.0 Å². The molecule has 7 rings (SSSR count). The highest BCUT2D eigenvalue weighted by molar-refractivity contribution is 5.95. The van der Waals surface area contributed by atoms with Gasteiger partial charge in [0.1, 0.15) is 17.5 Å². The predicted octanol–water partition coefficient (Wildman–Crippen LogP) is 5.09. The van der Waals surface area contributed by atoms with Crippen LogP contribution in [-0.2, 0) is 6.54 Å². The van der Waals surface area contributed by atoms with Crippen molar-refractivity contribution in [2.45, 2.75) is 44.9 Å². The van der Waals surface area contributed by atoms with Gasteiger partial charge < -0.3 is 20.3 Å². The smallest absolute Gasteiger partial charge is 0.255 e. The highest BCUT2D eigenvalue weighted by Crippen LogP contribution is 2.38. The van der Waals surface area contributed by atoms with Crippen LogP contribution in [0, 0.1) is 18.7 Å². The van der Waals surface area contributed by atoms with E-state index in [2.05, 4.69) is 4.57 Å². The zero-order chi connectivity index (χ0) is 28.4. The van der Waals surface area contributed by atoms with E-state index in [1.807, 2.05) is 25.1 Å². The Morgan fingerprint density at radius 1 is 1.15 bits per heavy atom. The molecule has 1 saturated heterocycles. The largest absolute Gasteiger partial charge is 0.505 e. The number of amides is 1. The Hall–Kier alpha value is -4.31. The predicted molar refractivity (Wildman–Crippen MR) is 152 cm³/mol. The number of aryl methyl sites for hydroxylation is 1. The van der Waals surface area contributed by atoms with E-state index < -0.39 is 17.7 Å². The molecule has 10 heteroatoms. The summed E-state index contributed by atoms with van der Waals surface area (Å²) in [5.74, 6) is -0.846. The number of benzene rings is 1. The number of carbonyl (C=O) groups is 1. The first kappa shape index (κ1) is 25.6. The molecule has 0 radical (unpaired) electrons. The Kier molecular flexibility index (Phi) is 6.04. The van der Waals surface area contributed by atoms with Gasteiger partial charge in [0.15, 0.2) is 11.6 Å². The molecule has 4 aromatic heterocycles. The molecule has 210 valence electrons. The number of alkyl halides is 1. The van der Waals surface area contributed by atoms with Crippen LogP contribution in [0.15, 0.2) is 54.7 Å². The van der Waals surface area contributed by atoms with Gasteiger partial charge in [-0.05, 0) is 74.6 Å². The van der Waals surface area contributed by atoms with Crippen molar-refractivity contribution in [1.82, 2.24) is 24.1 Å². The summed E-state index contributed by atoms with van der Waals surface area (Å²) in [6.45, 7) is 3.12. The molecule has 1 aromatic carbocycles. The molecule has 1 amide bonds. The fourth-order valence-electron chi connectivity index (χ4n) is 5.90. The third kappa shape index (κ3) is 4.52. The SMILES string of the molecule is Cc1c(-c2cc3ccc(-c4cccc(O)c4F)nc3n2CC2CC2)nn2cc(C(=O)N3C[C@H](N)C[C@@H](F)C3)ccc12. The number of rotatable bonds is 5. The summed E-state index contributed by atoms with van der Waals surface area (Å²) >= 11 is 0. The second-order valence-corrected chi connectivity index (χ2v) is 11.4. The van der Waals surface area contributed by atoms with Gasteiger partial charge >= 0.3 is 0 Å². The molecule has 3 N–H and O–H groups in total. The number of nitrogens with zero attached hydrogens (tertiary/aromatic N) is 5. The monoisotopic (exact) mass is 556 g/mol. The van der Waals surface area contributed by atoms with Gasteiger partial charge in [-0.15, -0.1) is 0 Å². The van der Waals surface area contributed by atoms with Crippen LogP contribution in [0.1, 0.15) is 35.2 Å². The first-order valence-electron chi connectivity index (χ1n) is 13.9. The first-order valence-corrected chi connectivity index (χ1v) is 13.9. The topological polar surface area (TPSA) is 102 Å². The summed E-state index contributed by atoms with van der Waals surface area (Å²) in [5, 5.41) is 15.7. The van der Waals surface area contributed by atoms with E-state index in [9.17, 15) is 18.7 Å². The minimum Gasteiger partial charge on any atom is -0.505 e. The summed E-state index contributed by atoms with van der Waals surface area (Å²) < 4.78 is 32.7. The first-order chi connectivity index (χ1) is 19.8. The van der Waals surface area contributed by atoms with Crippen LogP contribution in [0.3, 0.4) is 0 Å². The molecular weight excluding hydrogens is 526 g/mol. The van der Waals surface area contributed by atoms with Gasteiger partial charge in [0, 0.05) is 41.8 Å². The van der Waals surface area contributed by atoms with Gasteiger partial charge in [0.05, 0.1) is 29.0 Å². The highest BCUT2D eigenvalue weighted by atomic mass is 19.1. The number of carbonyl (C=O) groups excluding carboxylic acids is 1. The second-order valence-electron chi connectivity index (χ2n) is 11.4. The lowest BCUT2D eigenvalue weighted by atomic mass is 10.0. The van der Waals surface area contributed by atoms with Crippen molar-refractivity contribution in [1.29, 1.82) is 0 Å². The number of halogens is 2. The average molecular weight is 557 g/mol. The Bertz CT molecular complexity index is 1810. The second kappa shape index (κ2) is 9.66. The number of fused-ring (bicyclic) bond motifs is 2. The summed E-state index contributed by atoms with van der Waals surface area (Å²) in [6, 6.07) is 13.5. The fourth-order valence-corrected chi connectivity index (χ4v) is 5.90. The molecule has 1 aliphatic carbocycles. The zero-order valence-corrected chi connectivity index (χ0v) is 22.6. The summed E-state index contributed by atoms with van der Waals surface area (Å²) in [7, 11) is 0. The minimum atomic E-state index is -1.13. The molecule has 1 aliphatic heterocycles. The van der Waals surface area contributed by atoms with E-state index in [4.69, 9.17) is 15.8 Å². The van der Waals surface area contributed by atoms with Gasteiger partial charge in [-0.25, -0.2) is 18.3 Å². The molecule has 2 atom stereocenters. The molecule has 5 heterocycles. The maximum atomic E-state index is 14.7. The Morgan fingerprint density at radius 3 is 2.76 bits per heavy atom. The Labute approximate surface area is 235 Å². The maximum Gasteiger partial charge on any atom is 0.255 e. The number of hydrogen-bond donors (Lipinski definition) is 2. The van der Waals surface area contributed by atoms with Gasteiger partial charge in [-0.2, -0.15) is 5.10 Å². The van der Waals surface area contributed by atoms with Crippen LogP contribution in [0.2, 0.25) is 0 Å². The molecular formula is C31H30F2N6O2. The lowest BCUT2D eigenvalue weighted by Gasteiger charge is -2.32. The van der Waals surface area contributed by atoms with Crippen LogP contribution in [0.25, 0.3) is 39.2 Å². The van der Waals surface area contributed by atoms with Gasteiger partial charge in [0.2, 0.25) is 0 Å². The van der Waals surface area contributed by atoms with Crippen LogP contribution < -0.4 is 5.73 Å². The van der Waals surface area contributed by atoms with Crippen molar-refractivity contribution in [3.05, 3.63) is 71.7 Å². The summed E-state index contributed by atoms with van der Waals surface area (Å²) in [5.41, 5.74) is 11.3. The molecule has 8 nitrogen and oxygen atoms in total. The molecule has 1 saturated carbocycles. The van der Waals surface area contributed by atoms with Crippen LogP contribution in [-0.4, -0.2) is 60.4 Å². The van der Waals surface area contributed by atoms with Crippen LogP contribution in [0.5, 0.6) is 5.75 Å². The number of phenols is 1. The lowest BCUT2D eigenvalue weighted by Crippen LogP contribution is -2.50. The molecule has 2 aliphatic rings. The fraction of sp³-hybridized carbons (Fsp3) is 0.323. The number of likely N-dealkylation sites (tertiary alicyclic amines) is 1. The molecule has 2 fully saturated rings. The maximum absolute atomic E-state index is 14.7.